The minimum Gasteiger partial charge on any atom is -0.384 e. The van der Waals surface area contributed by atoms with Crippen molar-refractivity contribution in [1.29, 1.82) is 0 Å². The Hall–Kier alpha value is -0.730. The normalized spacial score (nSPS) is 13.1. The summed E-state index contributed by atoms with van der Waals surface area (Å²) in [4.78, 5) is 0. The number of halogens is 1. The average molecular weight is 185 g/mol. The van der Waals surface area contributed by atoms with Gasteiger partial charge in [0.25, 0.3) is 0 Å². The quantitative estimate of drug-likeness (QED) is 0.695. The number of rotatable bonds is 1. The number of nitrogens with two attached hydrogens (primary N) is 1. The van der Waals surface area contributed by atoms with E-state index in [2.05, 4.69) is 23.5 Å². The fraction of sp³-hybridized carbons (Fsp3) is 0.333. The Morgan fingerprint density at radius 3 is 3.00 bits per heavy atom. The third kappa shape index (κ3) is 1.54. The summed E-state index contributed by atoms with van der Waals surface area (Å²) in [5.41, 5.74) is 9.44. The highest BCUT2D eigenvalue weighted by Gasteiger charge is 2.08. The van der Waals surface area contributed by atoms with Gasteiger partial charge in [-0.3, -0.25) is 0 Å². The topological polar surface area (TPSA) is 38.0 Å². The summed E-state index contributed by atoms with van der Waals surface area (Å²) in [5, 5.41) is 3.31. The summed E-state index contributed by atoms with van der Waals surface area (Å²) in [6.45, 7) is 1.72. The second-order valence-corrected chi connectivity index (χ2v) is 2.87. The third-order valence-electron chi connectivity index (χ3n) is 2.12. The zero-order valence-electron chi connectivity index (χ0n) is 6.84. The zero-order chi connectivity index (χ0) is 7.68. The van der Waals surface area contributed by atoms with E-state index in [9.17, 15) is 0 Å². The molecule has 0 radical (unpaired) electrons. The number of hydrogen-bond acceptors (Lipinski definition) is 2. The number of anilines is 1. The smallest absolute Gasteiger partial charge is 0.0373 e. The Morgan fingerprint density at radius 1 is 1.42 bits per heavy atom. The first-order valence-corrected chi connectivity index (χ1v) is 3.96. The van der Waals surface area contributed by atoms with Crippen molar-refractivity contribution in [2.45, 2.75) is 13.0 Å². The second-order valence-electron chi connectivity index (χ2n) is 2.87. The van der Waals surface area contributed by atoms with Gasteiger partial charge in [-0.25, -0.2) is 0 Å². The van der Waals surface area contributed by atoms with E-state index in [0.29, 0.717) is 6.54 Å². The first kappa shape index (κ1) is 9.36. The predicted molar refractivity (Wildman–Crippen MR) is 53.8 cm³/mol. The van der Waals surface area contributed by atoms with Crippen LogP contribution in [0.5, 0.6) is 0 Å². The molecule has 3 heteroatoms. The molecule has 1 aliphatic rings. The van der Waals surface area contributed by atoms with E-state index in [1.165, 1.54) is 16.8 Å². The number of hydrogen-bond donors (Lipinski definition) is 2. The molecule has 1 heterocycles. The molecule has 0 unspecified atom stereocenters. The largest absolute Gasteiger partial charge is 0.384 e. The molecule has 0 amide bonds. The molecular weight excluding hydrogens is 172 g/mol. The predicted octanol–water partition coefficient (Wildman–Crippen LogP) is 1.54. The van der Waals surface area contributed by atoms with Crippen LogP contribution in [0.15, 0.2) is 18.2 Å². The van der Waals surface area contributed by atoms with Crippen molar-refractivity contribution in [2.75, 3.05) is 11.9 Å². The fourth-order valence-corrected chi connectivity index (χ4v) is 1.49. The van der Waals surface area contributed by atoms with Crippen LogP contribution >= 0.6 is 12.4 Å². The first-order chi connectivity index (χ1) is 5.40. The lowest BCUT2D eigenvalue weighted by Crippen LogP contribution is -1.96. The molecule has 66 valence electrons. The monoisotopic (exact) mass is 184 g/mol. The molecule has 1 aromatic carbocycles. The summed E-state index contributed by atoms with van der Waals surface area (Å²) in [6, 6.07) is 6.39. The SMILES string of the molecule is Cl.NCc1ccc2c(c1)CCN2. The molecule has 1 aliphatic heterocycles. The number of fused-ring (bicyclic) bond motifs is 1. The van der Waals surface area contributed by atoms with E-state index in [-0.39, 0.29) is 12.4 Å². The number of nitrogens with one attached hydrogen (secondary N) is 1. The first-order valence-electron chi connectivity index (χ1n) is 3.96. The van der Waals surface area contributed by atoms with Crippen molar-refractivity contribution >= 4 is 18.1 Å². The van der Waals surface area contributed by atoms with E-state index in [1.54, 1.807) is 0 Å². The minimum absolute atomic E-state index is 0. The molecule has 0 saturated heterocycles. The van der Waals surface area contributed by atoms with Gasteiger partial charge in [0, 0.05) is 18.8 Å². The highest BCUT2D eigenvalue weighted by atomic mass is 35.5. The van der Waals surface area contributed by atoms with E-state index < -0.39 is 0 Å². The number of benzene rings is 1. The maximum absolute atomic E-state index is 5.52. The highest BCUT2D eigenvalue weighted by Crippen LogP contribution is 2.22. The molecule has 0 fully saturated rings. The van der Waals surface area contributed by atoms with Gasteiger partial charge in [-0.1, -0.05) is 12.1 Å². The Balaban J connectivity index is 0.000000720. The van der Waals surface area contributed by atoms with Crippen LogP contribution in [-0.4, -0.2) is 6.54 Å². The maximum Gasteiger partial charge on any atom is 0.0373 e. The van der Waals surface area contributed by atoms with Crippen LogP contribution < -0.4 is 11.1 Å². The van der Waals surface area contributed by atoms with Gasteiger partial charge in [0.2, 0.25) is 0 Å². The Bertz CT molecular complexity index is 273. The van der Waals surface area contributed by atoms with Crippen LogP contribution in [0.25, 0.3) is 0 Å². The molecule has 0 spiro atoms. The van der Waals surface area contributed by atoms with E-state index in [4.69, 9.17) is 5.73 Å². The lowest BCUT2D eigenvalue weighted by molar-refractivity contribution is 1.05. The van der Waals surface area contributed by atoms with Crippen LogP contribution in [0.2, 0.25) is 0 Å². The molecule has 0 aliphatic carbocycles. The van der Waals surface area contributed by atoms with Crippen molar-refractivity contribution in [1.82, 2.24) is 0 Å². The van der Waals surface area contributed by atoms with Crippen molar-refractivity contribution < 1.29 is 0 Å². The van der Waals surface area contributed by atoms with Gasteiger partial charge in [0.15, 0.2) is 0 Å². The Labute approximate surface area is 78.6 Å². The molecule has 3 N–H and O–H groups in total. The maximum atomic E-state index is 5.52. The van der Waals surface area contributed by atoms with Gasteiger partial charge in [0.1, 0.15) is 0 Å². The summed E-state index contributed by atoms with van der Waals surface area (Å²) in [5.74, 6) is 0. The van der Waals surface area contributed by atoms with Crippen molar-refractivity contribution in [3.05, 3.63) is 29.3 Å². The zero-order valence-corrected chi connectivity index (χ0v) is 7.66. The Morgan fingerprint density at radius 2 is 2.25 bits per heavy atom. The van der Waals surface area contributed by atoms with Crippen LogP contribution in [0.3, 0.4) is 0 Å². The van der Waals surface area contributed by atoms with Crippen molar-refractivity contribution in [3.8, 4) is 0 Å². The summed E-state index contributed by atoms with van der Waals surface area (Å²) < 4.78 is 0. The molecule has 0 atom stereocenters. The molecule has 1 aromatic rings. The third-order valence-corrected chi connectivity index (χ3v) is 2.12. The molecule has 0 bridgehead atoms. The van der Waals surface area contributed by atoms with Crippen LogP contribution in [0, 0.1) is 0 Å². The Kier molecular flexibility index (Phi) is 2.95. The lowest BCUT2D eigenvalue weighted by Gasteiger charge is -2.01. The fourth-order valence-electron chi connectivity index (χ4n) is 1.49. The van der Waals surface area contributed by atoms with Gasteiger partial charge < -0.3 is 11.1 Å². The summed E-state index contributed by atoms with van der Waals surface area (Å²) >= 11 is 0. The van der Waals surface area contributed by atoms with Crippen molar-refractivity contribution in [3.63, 3.8) is 0 Å². The van der Waals surface area contributed by atoms with Gasteiger partial charge in [-0.05, 0) is 23.6 Å². The molecule has 0 saturated carbocycles. The van der Waals surface area contributed by atoms with Gasteiger partial charge in [0.05, 0.1) is 0 Å². The molecule has 2 rings (SSSR count). The standard InChI is InChI=1S/C9H12N2.ClH/c10-6-7-1-2-9-8(5-7)3-4-11-9;/h1-2,5,11H,3-4,6,10H2;1H. The molecule has 0 aromatic heterocycles. The molecular formula is C9H13ClN2. The summed E-state index contributed by atoms with van der Waals surface area (Å²) in [6.07, 6.45) is 1.14. The van der Waals surface area contributed by atoms with Crippen LogP contribution in [0.1, 0.15) is 11.1 Å². The van der Waals surface area contributed by atoms with E-state index >= 15 is 0 Å². The molecule has 12 heavy (non-hydrogen) atoms. The highest BCUT2D eigenvalue weighted by molar-refractivity contribution is 5.85. The van der Waals surface area contributed by atoms with Crippen LogP contribution in [0.4, 0.5) is 5.69 Å². The minimum atomic E-state index is 0. The van der Waals surface area contributed by atoms with Gasteiger partial charge >= 0.3 is 0 Å². The summed E-state index contributed by atoms with van der Waals surface area (Å²) in [7, 11) is 0. The van der Waals surface area contributed by atoms with Crippen LogP contribution in [-0.2, 0) is 13.0 Å². The molecule has 2 nitrogen and oxygen atoms in total. The average Bonchev–Trinajstić information content (AvgIpc) is 2.50. The lowest BCUT2D eigenvalue weighted by atomic mass is 10.1. The van der Waals surface area contributed by atoms with Gasteiger partial charge in [-0.15, -0.1) is 12.4 Å². The van der Waals surface area contributed by atoms with Crippen molar-refractivity contribution in [2.24, 2.45) is 5.73 Å². The van der Waals surface area contributed by atoms with Gasteiger partial charge in [-0.2, -0.15) is 0 Å². The second kappa shape index (κ2) is 3.78. The van der Waals surface area contributed by atoms with E-state index in [1.807, 2.05) is 0 Å². The van der Waals surface area contributed by atoms with E-state index in [0.717, 1.165) is 13.0 Å².